The Morgan fingerprint density at radius 1 is 1.35 bits per heavy atom. The van der Waals surface area contributed by atoms with Crippen LogP contribution >= 0.6 is 23.2 Å². The highest BCUT2D eigenvalue weighted by atomic mass is 35.5. The Hall–Kier alpha value is -2.22. The molecule has 1 aromatic heterocycles. The number of oxime groups is 1. The van der Waals surface area contributed by atoms with Gasteiger partial charge in [-0.05, 0) is 38.5 Å². The first-order chi connectivity index (χ1) is 12.2. The van der Waals surface area contributed by atoms with Gasteiger partial charge in [0.2, 0.25) is 0 Å². The van der Waals surface area contributed by atoms with Crippen LogP contribution in [0, 0.1) is 6.92 Å². The molecule has 2 heterocycles. The highest BCUT2D eigenvalue weighted by Gasteiger charge is 2.51. The Kier molecular flexibility index (Phi) is 4.64. The van der Waals surface area contributed by atoms with Crippen molar-refractivity contribution in [3.05, 3.63) is 45.3 Å². The van der Waals surface area contributed by atoms with Crippen LogP contribution in [-0.2, 0) is 10.4 Å². The van der Waals surface area contributed by atoms with Gasteiger partial charge in [0.05, 0.1) is 16.3 Å². The number of hydrogen-bond acceptors (Lipinski definition) is 6. The molecule has 136 valence electrons. The first kappa shape index (κ1) is 18.6. The molecule has 9 heteroatoms. The van der Waals surface area contributed by atoms with Crippen molar-refractivity contribution in [3.63, 3.8) is 0 Å². The Bertz CT molecular complexity index is 944. The SMILES string of the molecule is CC/C(=N\O)c1nc(C)nc2c1C(C)(O)C(=O)N2c1ccc(Cl)cc1Cl. The average Bonchev–Trinajstić information content (AvgIpc) is 2.76. The predicted molar refractivity (Wildman–Crippen MR) is 98.6 cm³/mol. The molecule has 1 aliphatic rings. The second kappa shape index (κ2) is 6.50. The van der Waals surface area contributed by atoms with E-state index in [1.54, 1.807) is 26.0 Å². The molecule has 0 fully saturated rings. The summed E-state index contributed by atoms with van der Waals surface area (Å²) in [7, 11) is 0. The molecule has 0 saturated carbocycles. The molecule has 1 atom stereocenters. The van der Waals surface area contributed by atoms with Crippen LogP contribution in [0.15, 0.2) is 23.4 Å². The maximum atomic E-state index is 13.0. The Labute approximate surface area is 159 Å². The molecule has 1 unspecified atom stereocenters. The number of benzene rings is 1. The summed E-state index contributed by atoms with van der Waals surface area (Å²) in [5.41, 5.74) is -0.934. The topological polar surface area (TPSA) is 98.9 Å². The molecule has 2 N–H and O–H groups in total. The number of aryl methyl sites for hydroxylation is 1. The van der Waals surface area contributed by atoms with Crippen molar-refractivity contribution < 1.29 is 15.1 Å². The van der Waals surface area contributed by atoms with E-state index < -0.39 is 11.5 Å². The smallest absolute Gasteiger partial charge is 0.269 e. The van der Waals surface area contributed by atoms with E-state index in [0.717, 1.165) is 0 Å². The third-order valence-electron chi connectivity index (χ3n) is 4.20. The quantitative estimate of drug-likeness (QED) is 0.470. The molecule has 26 heavy (non-hydrogen) atoms. The summed E-state index contributed by atoms with van der Waals surface area (Å²) in [5, 5.41) is 24.1. The predicted octanol–water partition coefficient (Wildman–Crippen LogP) is 3.57. The molecule has 1 aromatic carbocycles. The molecular formula is C17H16Cl2N4O3. The number of carbonyl (C=O) groups excluding carboxylic acids is 1. The van der Waals surface area contributed by atoms with Gasteiger partial charge >= 0.3 is 0 Å². The molecule has 3 rings (SSSR count). The van der Waals surface area contributed by atoms with Crippen molar-refractivity contribution in [2.45, 2.75) is 32.8 Å². The summed E-state index contributed by atoms with van der Waals surface area (Å²) >= 11 is 12.2. The first-order valence-electron chi connectivity index (χ1n) is 7.84. The van der Waals surface area contributed by atoms with E-state index in [4.69, 9.17) is 23.2 Å². The standard InChI is InChI=1S/C17H16Cl2N4O3/c1-4-11(22-26)14-13-15(21-8(2)20-14)23(16(24)17(13,3)25)12-6-5-9(18)7-10(12)19/h5-7,25-26H,4H2,1-3H3/b22-11+. The van der Waals surface area contributed by atoms with Crippen molar-refractivity contribution in [2.75, 3.05) is 4.90 Å². The van der Waals surface area contributed by atoms with E-state index >= 15 is 0 Å². The highest BCUT2D eigenvalue weighted by molar-refractivity contribution is 6.37. The minimum Gasteiger partial charge on any atom is -0.411 e. The minimum absolute atomic E-state index is 0.175. The summed E-state index contributed by atoms with van der Waals surface area (Å²) in [6.45, 7) is 4.77. The van der Waals surface area contributed by atoms with Gasteiger partial charge in [0, 0.05) is 5.02 Å². The lowest BCUT2D eigenvalue weighted by Crippen LogP contribution is -2.36. The van der Waals surface area contributed by atoms with Crippen LogP contribution in [0.1, 0.15) is 37.4 Å². The third kappa shape index (κ3) is 2.72. The number of aliphatic hydroxyl groups is 1. The van der Waals surface area contributed by atoms with Crippen LogP contribution in [0.3, 0.4) is 0 Å². The van der Waals surface area contributed by atoms with Crippen LogP contribution in [0.2, 0.25) is 10.0 Å². The maximum absolute atomic E-state index is 13.0. The van der Waals surface area contributed by atoms with E-state index in [0.29, 0.717) is 23.0 Å². The van der Waals surface area contributed by atoms with Gasteiger partial charge in [-0.25, -0.2) is 9.97 Å². The van der Waals surface area contributed by atoms with E-state index in [9.17, 15) is 15.1 Å². The second-order valence-corrected chi connectivity index (χ2v) is 6.87. The van der Waals surface area contributed by atoms with Crippen molar-refractivity contribution in [2.24, 2.45) is 5.16 Å². The number of nitrogens with zero attached hydrogens (tertiary/aromatic N) is 4. The van der Waals surface area contributed by atoms with Gasteiger partial charge in [0.25, 0.3) is 5.91 Å². The zero-order chi connectivity index (χ0) is 19.2. The van der Waals surface area contributed by atoms with Crippen LogP contribution in [0.4, 0.5) is 11.5 Å². The van der Waals surface area contributed by atoms with Crippen molar-refractivity contribution in [3.8, 4) is 0 Å². The third-order valence-corrected chi connectivity index (χ3v) is 4.74. The van der Waals surface area contributed by atoms with Crippen molar-refractivity contribution >= 4 is 46.3 Å². The number of halogens is 2. The van der Waals surface area contributed by atoms with E-state index in [1.165, 1.54) is 17.9 Å². The number of amides is 1. The van der Waals surface area contributed by atoms with Crippen LogP contribution in [0.25, 0.3) is 0 Å². The molecule has 0 spiro atoms. The Morgan fingerprint density at radius 3 is 2.62 bits per heavy atom. The second-order valence-electron chi connectivity index (χ2n) is 6.03. The molecular weight excluding hydrogens is 379 g/mol. The van der Waals surface area contributed by atoms with Crippen molar-refractivity contribution in [1.82, 2.24) is 9.97 Å². The van der Waals surface area contributed by atoms with Gasteiger partial charge < -0.3 is 10.3 Å². The fourth-order valence-corrected chi connectivity index (χ4v) is 3.46. The van der Waals surface area contributed by atoms with Crippen LogP contribution < -0.4 is 4.90 Å². The lowest BCUT2D eigenvalue weighted by Gasteiger charge is -2.20. The Morgan fingerprint density at radius 2 is 2.04 bits per heavy atom. The average molecular weight is 395 g/mol. The van der Waals surface area contributed by atoms with E-state index in [1.807, 2.05) is 0 Å². The van der Waals surface area contributed by atoms with Gasteiger partial charge in [0.1, 0.15) is 17.2 Å². The lowest BCUT2D eigenvalue weighted by molar-refractivity contribution is -0.133. The molecule has 0 radical (unpaired) electrons. The summed E-state index contributed by atoms with van der Waals surface area (Å²) < 4.78 is 0. The summed E-state index contributed by atoms with van der Waals surface area (Å²) in [6.07, 6.45) is 0.353. The monoisotopic (exact) mass is 394 g/mol. The summed E-state index contributed by atoms with van der Waals surface area (Å²) in [4.78, 5) is 22.9. The Balaban J connectivity index is 2.34. The number of rotatable bonds is 3. The largest absolute Gasteiger partial charge is 0.411 e. The fourth-order valence-electron chi connectivity index (χ4n) is 2.97. The molecule has 0 bridgehead atoms. The molecule has 0 saturated heterocycles. The normalized spacial score (nSPS) is 19.8. The van der Waals surface area contributed by atoms with Gasteiger partial charge in [-0.15, -0.1) is 0 Å². The molecule has 1 amide bonds. The van der Waals surface area contributed by atoms with Gasteiger partial charge in [-0.3, -0.25) is 9.69 Å². The number of hydrogen-bond donors (Lipinski definition) is 2. The summed E-state index contributed by atoms with van der Waals surface area (Å²) in [6, 6.07) is 4.66. The number of carbonyl (C=O) groups is 1. The minimum atomic E-state index is -1.91. The number of anilines is 2. The molecule has 7 nitrogen and oxygen atoms in total. The fraction of sp³-hybridized carbons (Fsp3) is 0.294. The van der Waals surface area contributed by atoms with E-state index in [-0.39, 0.29) is 27.8 Å². The maximum Gasteiger partial charge on any atom is 0.269 e. The van der Waals surface area contributed by atoms with Crippen molar-refractivity contribution in [1.29, 1.82) is 0 Å². The highest BCUT2D eigenvalue weighted by Crippen LogP contribution is 2.46. The van der Waals surface area contributed by atoms with Gasteiger partial charge in [-0.2, -0.15) is 0 Å². The van der Waals surface area contributed by atoms with Gasteiger partial charge in [0.15, 0.2) is 11.4 Å². The molecule has 1 aliphatic heterocycles. The first-order valence-corrected chi connectivity index (χ1v) is 8.60. The summed E-state index contributed by atoms with van der Waals surface area (Å²) in [5.74, 6) is -0.0819. The van der Waals surface area contributed by atoms with Crippen LogP contribution in [-0.4, -0.2) is 31.9 Å². The molecule has 0 aliphatic carbocycles. The zero-order valence-electron chi connectivity index (χ0n) is 14.3. The number of fused-ring (bicyclic) bond motifs is 1. The number of aromatic nitrogens is 2. The van der Waals surface area contributed by atoms with E-state index in [2.05, 4.69) is 15.1 Å². The zero-order valence-corrected chi connectivity index (χ0v) is 15.8. The molecule has 2 aromatic rings. The van der Waals surface area contributed by atoms with Gasteiger partial charge in [-0.1, -0.05) is 35.3 Å². The lowest BCUT2D eigenvalue weighted by atomic mass is 9.95. The van der Waals surface area contributed by atoms with Crippen LogP contribution in [0.5, 0.6) is 0 Å².